The van der Waals surface area contributed by atoms with Crippen molar-refractivity contribution in [2.45, 2.75) is 13.5 Å². The molecule has 0 atom stereocenters. The van der Waals surface area contributed by atoms with Crippen LogP contribution >= 0.6 is 11.3 Å². The Labute approximate surface area is 99.5 Å². The first kappa shape index (κ1) is 11.1. The summed E-state index contributed by atoms with van der Waals surface area (Å²) in [5, 5.41) is 0.978. The molecule has 1 heterocycles. The highest BCUT2D eigenvalue weighted by Gasteiger charge is 2.08. The van der Waals surface area contributed by atoms with E-state index in [-0.39, 0.29) is 0 Å². The van der Waals surface area contributed by atoms with E-state index in [1.165, 1.54) is 5.56 Å². The molecule has 0 saturated heterocycles. The molecule has 1 aromatic carbocycles. The van der Waals surface area contributed by atoms with E-state index in [1.54, 1.807) is 11.3 Å². The molecule has 0 aliphatic rings. The number of hydrogen-bond acceptors (Lipinski definition) is 4. The lowest BCUT2D eigenvalue weighted by Crippen LogP contribution is -2.08. The third-order valence-electron chi connectivity index (χ3n) is 2.42. The summed E-state index contributed by atoms with van der Waals surface area (Å²) in [4.78, 5) is 7.54. The number of aryl methyl sites for hydroxylation is 1. The van der Waals surface area contributed by atoms with Crippen molar-refractivity contribution in [3.63, 3.8) is 0 Å². The van der Waals surface area contributed by atoms with Gasteiger partial charge in [-0.1, -0.05) is 12.1 Å². The summed E-state index contributed by atoms with van der Waals surface area (Å²) in [5.41, 5.74) is 7.98. The Bertz CT molecular complexity index is 479. The molecule has 84 valence electrons. The highest BCUT2D eigenvalue weighted by molar-refractivity contribution is 7.15. The van der Waals surface area contributed by atoms with E-state index in [1.807, 2.05) is 13.2 Å². The van der Waals surface area contributed by atoms with E-state index < -0.39 is 0 Å². The van der Waals surface area contributed by atoms with Gasteiger partial charge in [-0.2, -0.15) is 0 Å². The third-order valence-corrected chi connectivity index (χ3v) is 3.51. The minimum atomic E-state index is 0.555. The fourth-order valence-corrected chi connectivity index (χ4v) is 2.26. The number of benzene rings is 1. The second kappa shape index (κ2) is 4.63. The Morgan fingerprint density at radius 1 is 1.44 bits per heavy atom. The average Bonchev–Trinajstić information content (AvgIpc) is 2.76. The minimum absolute atomic E-state index is 0.555. The summed E-state index contributed by atoms with van der Waals surface area (Å²) in [6.07, 6.45) is 1.84. The summed E-state index contributed by atoms with van der Waals surface area (Å²) in [6, 6.07) is 8.36. The first-order valence-corrected chi connectivity index (χ1v) is 5.97. The minimum Gasteiger partial charge on any atom is -0.326 e. The molecule has 16 heavy (non-hydrogen) atoms. The van der Waals surface area contributed by atoms with Crippen molar-refractivity contribution < 1.29 is 0 Å². The molecule has 0 bridgehead atoms. The zero-order chi connectivity index (χ0) is 11.5. The van der Waals surface area contributed by atoms with Gasteiger partial charge in [0.05, 0.1) is 0 Å². The zero-order valence-corrected chi connectivity index (χ0v) is 10.3. The largest absolute Gasteiger partial charge is 0.326 e. The van der Waals surface area contributed by atoms with Crippen LogP contribution in [0.15, 0.2) is 30.5 Å². The van der Waals surface area contributed by atoms with E-state index >= 15 is 0 Å². The Kier molecular flexibility index (Phi) is 3.22. The molecule has 0 amide bonds. The normalized spacial score (nSPS) is 10.4. The standard InChI is InChI=1S/C12H15N3S/c1-9-4-3-5-10(6-9)15(2)12-14-8-11(7-13)16-12/h3-6,8H,7,13H2,1-2H3. The second-order valence-corrected chi connectivity index (χ2v) is 4.80. The molecule has 2 N–H and O–H groups in total. The maximum Gasteiger partial charge on any atom is 0.189 e. The summed E-state index contributed by atoms with van der Waals surface area (Å²) in [7, 11) is 2.02. The molecule has 0 radical (unpaired) electrons. The molecule has 4 heteroatoms. The molecule has 1 aromatic heterocycles. The van der Waals surface area contributed by atoms with Gasteiger partial charge in [-0.25, -0.2) is 4.98 Å². The van der Waals surface area contributed by atoms with Gasteiger partial charge in [0.2, 0.25) is 0 Å². The number of hydrogen-bond donors (Lipinski definition) is 1. The smallest absolute Gasteiger partial charge is 0.189 e. The first-order valence-electron chi connectivity index (χ1n) is 5.16. The van der Waals surface area contributed by atoms with Crippen LogP contribution in [0.4, 0.5) is 10.8 Å². The van der Waals surface area contributed by atoms with Gasteiger partial charge in [-0.05, 0) is 24.6 Å². The number of thiazole rings is 1. The number of nitrogens with two attached hydrogens (primary N) is 1. The number of anilines is 2. The molecule has 3 nitrogen and oxygen atoms in total. The SMILES string of the molecule is Cc1cccc(N(C)c2ncc(CN)s2)c1. The van der Waals surface area contributed by atoms with Gasteiger partial charge in [0.15, 0.2) is 5.13 Å². The van der Waals surface area contributed by atoms with Crippen LogP contribution in [0.5, 0.6) is 0 Å². The summed E-state index contributed by atoms with van der Waals surface area (Å²) >= 11 is 1.63. The van der Waals surface area contributed by atoms with Gasteiger partial charge in [0, 0.05) is 30.4 Å². The van der Waals surface area contributed by atoms with Crippen LogP contribution in [-0.4, -0.2) is 12.0 Å². The van der Waals surface area contributed by atoms with Gasteiger partial charge >= 0.3 is 0 Å². The lowest BCUT2D eigenvalue weighted by Gasteiger charge is -2.16. The van der Waals surface area contributed by atoms with Gasteiger partial charge in [-0.3, -0.25) is 0 Å². The van der Waals surface area contributed by atoms with Crippen molar-refractivity contribution in [2.75, 3.05) is 11.9 Å². The van der Waals surface area contributed by atoms with Crippen LogP contribution in [0, 0.1) is 6.92 Å². The van der Waals surface area contributed by atoms with Crippen LogP contribution in [-0.2, 0) is 6.54 Å². The zero-order valence-electron chi connectivity index (χ0n) is 9.47. The Balaban J connectivity index is 2.27. The van der Waals surface area contributed by atoms with Crippen molar-refractivity contribution in [2.24, 2.45) is 5.73 Å². The van der Waals surface area contributed by atoms with Crippen LogP contribution in [0.25, 0.3) is 0 Å². The monoisotopic (exact) mass is 233 g/mol. The molecule has 0 aliphatic carbocycles. The van der Waals surface area contributed by atoms with Crippen molar-refractivity contribution >= 4 is 22.2 Å². The summed E-state index contributed by atoms with van der Waals surface area (Å²) in [5.74, 6) is 0. The molecule has 2 rings (SSSR count). The van der Waals surface area contributed by atoms with Crippen LogP contribution in [0.3, 0.4) is 0 Å². The number of nitrogens with zero attached hydrogens (tertiary/aromatic N) is 2. The molecule has 0 saturated carbocycles. The van der Waals surface area contributed by atoms with Crippen LogP contribution in [0.2, 0.25) is 0 Å². The van der Waals surface area contributed by atoms with E-state index in [9.17, 15) is 0 Å². The fraction of sp³-hybridized carbons (Fsp3) is 0.250. The third kappa shape index (κ3) is 2.23. The highest BCUT2D eigenvalue weighted by atomic mass is 32.1. The average molecular weight is 233 g/mol. The van der Waals surface area contributed by atoms with Gasteiger partial charge in [0.25, 0.3) is 0 Å². The molecule has 2 aromatic rings. The van der Waals surface area contributed by atoms with Gasteiger partial charge in [0.1, 0.15) is 0 Å². The molecule has 0 spiro atoms. The maximum absolute atomic E-state index is 5.58. The number of rotatable bonds is 3. The van der Waals surface area contributed by atoms with E-state index in [2.05, 4.69) is 41.1 Å². The van der Waals surface area contributed by atoms with Gasteiger partial charge < -0.3 is 10.6 Å². The van der Waals surface area contributed by atoms with Crippen molar-refractivity contribution in [3.05, 3.63) is 40.9 Å². The van der Waals surface area contributed by atoms with E-state index in [4.69, 9.17) is 5.73 Å². The predicted molar refractivity (Wildman–Crippen MR) is 69.2 cm³/mol. The lowest BCUT2D eigenvalue weighted by atomic mass is 10.2. The summed E-state index contributed by atoms with van der Waals surface area (Å²) in [6.45, 7) is 2.64. The summed E-state index contributed by atoms with van der Waals surface area (Å²) < 4.78 is 0. The predicted octanol–water partition coefficient (Wildman–Crippen LogP) is 2.68. The quantitative estimate of drug-likeness (QED) is 0.886. The molecular weight excluding hydrogens is 218 g/mol. The first-order chi connectivity index (χ1) is 7.70. The lowest BCUT2D eigenvalue weighted by molar-refractivity contribution is 1.09. The topological polar surface area (TPSA) is 42.2 Å². The highest BCUT2D eigenvalue weighted by Crippen LogP contribution is 2.28. The van der Waals surface area contributed by atoms with Crippen molar-refractivity contribution in [1.29, 1.82) is 0 Å². The van der Waals surface area contributed by atoms with Crippen molar-refractivity contribution in [3.8, 4) is 0 Å². The molecular formula is C12H15N3S. The maximum atomic E-state index is 5.58. The van der Waals surface area contributed by atoms with Gasteiger partial charge in [-0.15, -0.1) is 11.3 Å². The Morgan fingerprint density at radius 3 is 2.88 bits per heavy atom. The number of aromatic nitrogens is 1. The van der Waals surface area contributed by atoms with E-state index in [0.29, 0.717) is 6.54 Å². The molecule has 0 aliphatic heterocycles. The van der Waals surface area contributed by atoms with Crippen LogP contribution in [0.1, 0.15) is 10.4 Å². The second-order valence-electron chi connectivity index (χ2n) is 3.71. The Hall–Kier alpha value is -1.39. The molecule has 0 fully saturated rings. The fourth-order valence-electron chi connectivity index (χ4n) is 1.49. The molecule has 0 unspecified atom stereocenters. The Morgan fingerprint density at radius 2 is 2.25 bits per heavy atom. The van der Waals surface area contributed by atoms with E-state index in [0.717, 1.165) is 15.7 Å². The van der Waals surface area contributed by atoms with Crippen LogP contribution < -0.4 is 10.6 Å². The van der Waals surface area contributed by atoms with Crippen molar-refractivity contribution in [1.82, 2.24) is 4.98 Å².